The Bertz CT molecular complexity index is 1420. The zero-order valence-electron chi connectivity index (χ0n) is 21.8. The molecule has 0 bridgehead atoms. The van der Waals surface area contributed by atoms with Crippen LogP contribution in [-0.2, 0) is 9.59 Å². The van der Waals surface area contributed by atoms with Gasteiger partial charge in [-0.25, -0.2) is 8.78 Å². The molecular formula is C31H30F2N4O3. The van der Waals surface area contributed by atoms with Crippen LogP contribution in [0.25, 0.3) is 12.2 Å². The van der Waals surface area contributed by atoms with Crippen molar-refractivity contribution < 1.29 is 23.2 Å². The number of nitrogens with zero attached hydrogens (tertiary/aromatic N) is 1. The molecule has 206 valence electrons. The van der Waals surface area contributed by atoms with Crippen LogP contribution >= 0.6 is 0 Å². The molecule has 0 spiro atoms. The summed E-state index contributed by atoms with van der Waals surface area (Å²) in [6, 6.07) is 16.6. The molecule has 2 atom stereocenters. The molecule has 7 nitrogen and oxygen atoms in total. The number of hydrogen-bond donors (Lipinski definition) is 3. The first-order valence-corrected chi connectivity index (χ1v) is 13.4. The molecule has 0 aliphatic carbocycles. The van der Waals surface area contributed by atoms with Crippen LogP contribution in [-0.4, -0.2) is 47.8 Å². The average molecular weight is 545 g/mol. The fourth-order valence-electron chi connectivity index (χ4n) is 5.01. The van der Waals surface area contributed by atoms with Crippen LogP contribution < -0.4 is 16.0 Å². The zero-order valence-corrected chi connectivity index (χ0v) is 21.8. The highest BCUT2D eigenvalue weighted by atomic mass is 19.1. The van der Waals surface area contributed by atoms with Crippen molar-refractivity contribution in [2.24, 2.45) is 0 Å². The number of anilines is 2. The Balaban J connectivity index is 1.16. The van der Waals surface area contributed by atoms with Gasteiger partial charge in [0.2, 0.25) is 11.8 Å². The largest absolute Gasteiger partial charge is 0.327 e. The molecule has 3 N–H and O–H groups in total. The Labute approximate surface area is 231 Å². The fourth-order valence-corrected chi connectivity index (χ4v) is 5.01. The van der Waals surface area contributed by atoms with Gasteiger partial charge in [0.05, 0.1) is 11.6 Å². The van der Waals surface area contributed by atoms with Crippen LogP contribution in [0.2, 0.25) is 0 Å². The Morgan fingerprint density at radius 3 is 2.02 bits per heavy atom. The second-order valence-electron chi connectivity index (χ2n) is 9.99. The Morgan fingerprint density at radius 2 is 1.43 bits per heavy atom. The van der Waals surface area contributed by atoms with E-state index in [2.05, 4.69) is 16.0 Å². The normalized spacial score (nSPS) is 18.7. The molecule has 9 heteroatoms. The van der Waals surface area contributed by atoms with E-state index >= 15 is 0 Å². The van der Waals surface area contributed by atoms with Crippen molar-refractivity contribution in [3.8, 4) is 0 Å². The highest BCUT2D eigenvalue weighted by molar-refractivity contribution is 6.01. The smallest absolute Gasteiger partial charge is 0.257 e. The summed E-state index contributed by atoms with van der Waals surface area (Å²) in [6.07, 6.45) is 6.78. The first kappa shape index (κ1) is 27.2. The minimum Gasteiger partial charge on any atom is -0.327 e. The van der Waals surface area contributed by atoms with Crippen molar-refractivity contribution in [1.29, 1.82) is 0 Å². The number of carbonyl (C=O) groups is 3. The van der Waals surface area contributed by atoms with E-state index in [0.29, 0.717) is 25.1 Å². The summed E-state index contributed by atoms with van der Waals surface area (Å²) in [5, 5.41) is 8.95. The number of benzene rings is 3. The van der Waals surface area contributed by atoms with Crippen LogP contribution in [0.5, 0.6) is 0 Å². The Hall–Kier alpha value is -4.37. The number of carbonyl (C=O) groups excluding carboxylic acids is 3. The molecule has 40 heavy (non-hydrogen) atoms. The molecule has 0 aromatic heterocycles. The minimum absolute atomic E-state index is 0.0132. The van der Waals surface area contributed by atoms with Gasteiger partial charge in [0.1, 0.15) is 17.7 Å². The van der Waals surface area contributed by atoms with Gasteiger partial charge in [-0.3, -0.25) is 14.4 Å². The van der Waals surface area contributed by atoms with Gasteiger partial charge < -0.3 is 20.9 Å². The number of nitrogens with one attached hydrogen (secondary N) is 3. The number of likely N-dealkylation sites (tertiary alicyclic amines) is 1. The summed E-state index contributed by atoms with van der Waals surface area (Å²) in [4.78, 5) is 39.4. The first-order valence-electron chi connectivity index (χ1n) is 13.4. The van der Waals surface area contributed by atoms with Gasteiger partial charge in [-0.05, 0) is 85.8 Å². The highest BCUT2D eigenvalue weighted by Gasteiger charge is 2.35. The van der Waals surface area contributed by atoms with Gasteiger partial charge in [-0.1, -0.05) is 36.4 Å². The number of halogens is 2. The minimum atomic E-state index is -0.819. The lowest BCUT2D eigenvalue weighted by atomic mass is 10.1. The molecule has 3 amide bonds. The van der Waals surface area contributed by atoms with E-state index in [1.807, 2.05) is 48.6 Å². The quantitative estimate of drug-likeness (QED) is 0.363. The van der Waals surface area contributed by atoms with Gasteiger partial charge in [-0.15, -0.1) is 0 Å². The molecular weight excluding hydrogens is 514 g/mol. The van der Waals surface area contributed by atoms with Crippen molar-refractivity contribution in [2.45, 2.75) is 37.8 Å². The van der Waals surface area contributed by atoms with Crippen LogP contribution in [0.15, 0.2) is 66.7 Å². The lowest BCUT2D eigenvalue weighted by Crippen LogP contribution is -2.43. The van der Waals surface area contributed by atoms with Crippen LogP contribution in [0, 0.1) is 11.6 Å². The molecule has 0 unspecified atom stereocenters. The third kappa shape index (κ3) is 6.43. The van der Waals surface area contributed by atoms with E-state index in [1.54, 1.807) is 12.1 Å². The number of amides is 3. The van der Waals surface area contributed by atoms with Crippen molar-refractivity contribution in [2.75, 3.05) is 23.7 Å². The van der Waals surface area contributed by atoms with Gasteiger partial charge in [0, 0.05) is 17.9 Å². The Kier molecular flexibility index (Phi) is 8.31. The summed E-state index contributed by atoms with van der Waals surface area (Å²) >= 11 is 0. The first-order chi connectivity index (χ1) is 19.4. The van der Waals surface area contributed by atoms with E-state index in [0.717, 1.165) is 54.4 Å². The van der Waals surface area contributed by atoms with Gasteiger partial charge in [-0.2, -0.15) is 0 Å². The van der Waals surface area contributed by atoms with E-state index in [-0.39, 0.29) is 23.4 Å². The van der Waals surface area contributed by atoms with E-state index in [4.69, 9.17) is 0 Å². The predicted octanol–water partition coefficient (Wildman–Crippen LogP) is 5.07. The molecule has 2 aliphatic rings. The average Bonchev–Trinajstić information content (AvgIpc) is 3.68. The van der Waals surface area contributed by atoms with Crippen molar-refractivity contribution in [3.63, 3.8) is 0 Å². The van der Waals surface area contributed by atoms with Crippen molar-refractivity contribution >= 4 is 41.2 Å². The molecule has 2 heterocycles. The van der Waals surface area contributed by atoms with Crippen LogP contribution in [0.1, 0.15) is 47.2 Å². The fraction of sp³-hybridized carbons (Fsp3) is 0.258. The van der Waals surface area contributed by atoms with Crippen LogP contribution in [0.3, 0.4) is 0 Å². The van der Waals surface area contributed by atoms with Crippen LogP contribution in [0.4, 0.5) is 20.2 Å². The third-order valence-corrected chi connectivity index (χ3v) is 7.18. The lowest BCUT2D eigenvalue weighted by molar-refractivity contribution is -0.120. The maximum Gasteiger partial charge on any atom is 0.257 e. The summed E-state index contributed by atoms with van der Waals surface area (Å²) in [7, 11) is 0. The number of hydrogen-bond acceptors (Lipinski definition) is 4. The molecule has 0 radical (unpaired) electrons. The van der Waals surface area contributed by atoms with Gasteiger partial charge in [0.15, 0.2) is 0 Å². The van der Waals surface area contributed by atoms with E-state index < -0.39 is 23.6 Å². The predicted molar refractivity (Wildman–Crippen MR) is 151 cm³/mol. The molecule has 3 aromatic rings. The summed E-state index contributed by atoms with van der Waals surface area (Å²) in [6.45, 7) is 1.16. The van der Waals surface area contributed by atoms with Gasteiger partial charge >= 0.3 is 0 Å². The Morgan fingerprint density at radius 1 is 0.800 bits per heavy atom. The lowest BCUT2D eigenvalue weighted by Gasteiger charge is -2.24. The van der Waals surface area contributed by atoms with E-state index in [9.17, 15) is 23.2 Å². The van der Waals surface area contributed by atoms with Gasteiger partial charge in [0.25, 0.3) is 5.91 Å². The standard InChI is InChI=1S/C31H30F2N4O3/c32-22-11-16-26(33)25(19-22)31(40)37-18-2-4-28(37)30(39)36-24-14-9-21(10-15-24)6-5-20-7-12-23(13-8-20)35-29(38)27-3-1-17-34-27/h5-16,19,27-28,34H,1-4,17-18H2,(H,35,38)(H,36,39)/b6-5+/t27-,28-/m0/s1. The van der Waals surface area contributed by atoms with Crippen molar-refractivity contribution in [3.05, 3.63) is 95.1 Å². The molecule has 2 aliphatic heterocycles. The highest BCUT2D eigenvalue weighted by Crippen LogP contribution is 2.24. The molecule has 0 saturated carbocycles. The maximum atomic E-state index is 14.1. The summed E-state index contributed by atoms with van der Waals surface area (Å²) in [5.74, 6) is -2.61. The second kappa shape index (κ2) is 12.2. The molecule has 5 rings (SSSR count). The zero-order chi connectivity index (χ0) is 28.1. The molecule has 3 aromatic carbocycles. The summed E-state index contributed by atoms with van der Waals surface area (Å²) < 4.78 is 27.7. The molecule has 2 saturated heterocycles. The van der Waals surface area contributed by atoms with E-state index in [1.165, 1.54) is 4.90 Å². The molecule has 2 fully saturated rings. The van der Waals surface area contributed by atoms with Crippen molar-refractivity contribution in [1.82, 2.24) is 10.2 Å². The summed E-state index contributed by atoms with van der Waals surface area (Å²) in [5.41, 5.74) is 2.82. The maximum absolute atomic E-state index is 14.1. The topological polar surface area (TPSA) is 90.5 Å². The number of rotatable bonds is 7. The SMILES string of the molecule is O=C(Nc1ccc(/C=C/c2ccc(NC(=O)[C@@H]3CCCN3C(=O)c3cc(F)ccc3F)cc2)cc1)[C@@H]1CCCN1. The third-order valence-electron chi connectivity index (χ3n) is 7.18. The second-order valence-corrected chi connectivity index (χ2v) is 9.99. The monoisotopic (exact) mass is 544 g/mol.